The topological polar surface area (TPSA) is 73.6 Å². The van der Waals surface area contributed by atoms with E-state index in [0.717, 1.165) is 0 Å². The van der Waals surface area contributed by atoms with Crippen molar-refractivity contribution in [1.82, 2.24) is 9.21 Å². The summed E-state index contributed by atoms with van der Waals surface area (Å²) >= 11 is 12.1. The van der Waals surface area contributed by atoms with Crippen molar-refractivity contribution in [2.75, 3.05) is 39.3 Å². The van der Waals surface area contributed by atoms with Crippen LogP contribution in [0.4, 0.5) is 0 Å². The molecule has 1 saturated heterocycles. The van der Waals surface area contributed by atoms with Crippen LogP contribution in [0.5, 0.6) is 5.75 Å². The summed E-state index contributed by atoms with van der Waals surface area (Å²) in [6.07, 6.45) is 0. The van der Waals surface area contributed by atoms with Crippen LogP contribution < -0.4 is 4.74 Å². The fourth-order valence-corrected chi connectivity index (χ4v) is 5.48. The summed E-state index contributed by atoms with van der Waals surface area (Å²) in [6.45, 7) is 3.08. The van der Waals surface area contributed by atoms with E-state index in [9.17, 15) is 8.42 Å². The number of sulfonamides is 1. The summed E-state index contributed by atoms with van der Waals surface area (Å²) in [4.78, 5) is 2.11. The van der Waals surface area contributed by atoms with Crippen LogP contribution in [-0.4, -0.2) is 57.0 Å². The first-order valence-corrected chi connectivity index (χ1v) is 10.9. The first-order valence-electron chi connectivity index (χ1n) is 8.71. The summed E-state index contributed by atoms with van der Waals surface area (Å²) in [5, 5.41) is 9.06. The van der Waals surface area contributed by atoms with Gasteiger partial charge in [0.05, 0.1) is 21.7 Å². The van der Waals surface area contributed by atoms with Crippen molar-refractivity contribution in [3.05, 3.63) is 58.1 Å². The number of rotatable bonds is 6. The van der Waals surface area contributed by atoms with Gasteiger partial charge in [-0.05, 0) is 36.4 Å². The van der Waals surface area contributed by atoms with Crippen LogP contribution in [0.1, 0.15) is 5.56 Å². The zero-order valence-electron chi connectivity index (χ0n) is 15.0. The molecule has 0 bridgehead atoms. The number of piperazine rings is 1. The minimum atomic E-state index is -3.73. The fraction of sp³-hybridized carbons (Fsp3) is 0.316. The number of nitriles is 1. The highest BCUT2D eigenvalue weighted by Gasteiger charge is 2.31. The van der Waals surface area contributed by atoms with Gasteiger partial charge in [-0.25, -0.2) is 8.42 Å². The Bertz CT molecular complexity index is 947. The van der Waals surface area contributed by atoms with Crippen molar-refractivity contribution in [1.29, 1.82) is 5.26 Å². The number of hydrogen-bond acceptors (Lipinski definition) is 5. The second-order valence-electron chi connectivity index (χ2n) is 6.28. The molecule has 0 unspecified atom stereocenters. The molecule has 6 nitrogen and oxygen atoms in total. The Morgan fingerprint density at radius 2 is 1.61 bits per heavy atom. The molecule has 0 aromatic heterocycles. The van der Waals surface area contributed by atoms with Gasteiger partial charge in [0.1, 0.15) is 17.3 Å². The van der Waals surface area contributed by atoms with E-state index < -0.39 is 10.0 Å². The molecule has 0 spiro atoms. The molecule has 1 aliphatic heterocycles. The molecule has 2 aromatic carbocycles. The number of nitrogens with zero attached hydrogens (tertiary/aromatic N) is 3. The molecule has 148 valence electrons. The second kappa shape index (κ2) is 9.12. The highest BCUT2D eigenvalue weighted by Crippen LogP contribution is 2.31. The van der Waals surface area contributed by atoms with Crippen molar-refractivity contribution in [3.8, 4) is 11.8 Å². The minimum Gasteiger partial charge on any atom is -0.492 e. The van der Waals surface area contributed by atoms with Crippen molar-refractivity contribution >= 4 is 33.2 Å². The molecule has 3 rings (SSSR count). The molecule has 1 fully saturated rings. The van der Waals surface area contributed by atoms with Gasteiger partial charge in [-0.3, -0.25) is 4.90 Å². The largest absolute Gasteiger partial charge is 0.492 e. The lowest BCUT2D eigenvalue weighted by Crippen LogP contribution is -2.49. The van der Waals surface area contributed by atoms with Gasteiger partial charge in [0.15, 0.2) is 0 Å². The average Bonchev–Trinajstić information content (AvgIpc) is 2.68. The zero-order valence-corrected chi connectivity index (χ0v) is 17.3. The summed E-state index contributed by atoms with van der Waals surface area (Å²) in [7, 11) is -3.73. The Morgan fingerprint density at radius 1 is 1.00 bits per heavy atom. The van der Waals surface area contributed by atoms with Crippen molar-refractivity contribution in [2.24, 2.45) is 0 Å². The molecule has 28 heavy (non-hydrogen) atoms. The monoisotopic (exact) mass is 439 g/mol. The molecule has 9 heteroatoms. The summed E-state index contributed by atoms with van der Waals surface area (Å²) in [5.74, 6) is 0.702. The van der Waals surface area contributed by atoms with Crippen LogP contribution in [-0.2, 0) is 10.0 Å². The van der Waals surface area contributed by atoms with E-state index in [2.05, 4.69) is 11.0 Å². The molecule has 0 amide bonds. The number of ether oxygens (including phenoxy) is 1. The SMILES string of the molecule is N#Cc1ccc(OCCN2CCN(S(=O)(=O)c3c(Cl)cccc3Cl)CC2)cc1. The van der Waals surface area contributed by atoms with Crippen molar-refractivity contribution < 1.29 is 13.2 Å². The lowest BCUT2D eigenvalue weighted by molar-refractivity contribution is 0.159. The third-order valence-corrected chi connectivity index (χ3v) is 7.36. The lowest BCUT2D eigenvalue weighted by Gasteiger charge is -2.34. The van der Waals surface area contributed by atoms with Crippen LogP contribution in [0, 0.1) is 11.3 Å². The maximum atomic E-state index is 12.9. The van der Waals surface area contributed by atoms with Gasteiger partial charge in [-0.15, -0.1) is 0 Å². The summed E-state index contributed by atoms with van der Waals surface area (Å²) in [6, 6.07) is 13.7. The van der Waals surface area contributed by atoms with Crippen LogP contribution in [0.15, 0.2) is 47.4 Å². The molecular weight excluding hydrogens is 421 g/mol. The van der Waals surface area contributed by atoms with E-state index in [1.54, 1.807) is 30.3 Å². The Morgan fingerprint density at radius 3 is 2.18 bits per heavy atom. The maximum absolute atomic E-state index is 12.9. The molecule has 2 aromatic rings. The second-order valence-corrected chi connectivity index (χ2v) is 8.97. The maximum Gasteiger partial charge on any atom is 0.246 e. The number of hydrogen-bond donors (Lipinski definition) is 0. The van der Waals surface area contributed by atoms with E-state index in [4.69, 9.17) is 33.2 Å². The van der Waals surface area contributed by atoms with Gasteiger partial charge >= 0.3 is 0 Å². The summed E-state index contributed by atoms with van der Waals surface area (Å²) < 4.78 is 32.9. The Hall–Kier alpha value is -1.82. The molecule has 0 N–H and O–H groups in total. The predicted octanol–water partition coefficient (Wildman–Crippen LogP) is 3.25. The van der Waals surface area contributed by atoms with Crippen LogP contribution in [0.25, 0.3) is 0 Å². The predicted molar refractivity (Wildman–Crippen MR) is 108 cm³/mol. The lowest BCUT2D eigenvalue weighted by atomic mass is 10.2. The normalized spacial score (nSPS) is 15.9. The van der Waals surface area contributed by atoms with E-state index in [0.29, 0.717) is 50.6 Å². The Kier molecular flexibility index (Phi) is 6.81. The minimum absolute atomic E-state index is 0.0315. The zero-order chi connectivity index (χ0) is 20.1. The van der Waals surface area contributed by atoms with Gasteiger partial charge < -0.3 is 4.74 Å². The molecule has 0 radical (unpaired) electrons. The third-order valence-electron chi connectivity index (χ3n) is 4.51. The Balaban J connectivity index is 1.52. The van der Waals surface area contributed by atoms with E-state index in [1.807, 2.05) is 0 Å². The van der Waals surface area contributed by atoms with Crippen molar-refractivity contribution in [3.63, 3.8) is 0 Å². The number of benzene rings is 2. The van der Waals surface area contributed by atoms with E-state index in [1.165, 1.54) is 16.4 Å². The van der Waals surface area contributed by atoms with Crippen molar-refractivity contribution in [2.45, 2.75) is 4.90 Å². The number of halogens is 2. The van der Waals surface area contributed by atoms with Crippen LogP contribution in [0.3, 0.4) is 0 Å². The third kappa shape index (κ3) is 4.77. The van der Waals surface area contributed by atoms with Gasteiger partial charge in [0, 0.05) is 32.7 Å². The highest BCUT2D eigenvalue weighted by molar-refractivity contribution is 7.89. The molecule has 0 atom stereocenters. The first kappa shape index (κ1) is 20.9. The van der Waals surface area contributed by atoms with Gasteiger partial charge in [-0.2, -0.15) is 9.57 Å². The van der Waals surface area contributed by atoms with Crippen LogP contribution >= 0.6 is 23.2 Å². The van der Waals surface area contributed by atoms with Gasteiger partial charge in [0.2, 0.25) is 10.0 Å². The quantitative estimate of drug-likeness (QED) is 0.690. The van der Waals surface area contributed by atoms with Gasteiger partial charge in [0.25, 0.3) is 0 Å². The first-order chi connectivity index (χ1) is 13.4. The highest BCUT2D eigenvalue weighted by atomic mass is 35.5. The van der Waals surface area contributed by atoms with Crippen LogP contribution in [0.2, 0.25) is 10.0 Å². The smallest absolute Gasteiger partial charge is 0.246 e. The summed E-state index contributed by atoms with van der Waals surface area (Å²) in [5.41, 5.74) is 0.586. The standard InChI is InChI=1S/C19H19Cl2N3O3S/c20-17-2-1-3-18(21)19(17)28(25,26)24-10-8-23(9-11-24)12-13-27-16-6-4-15(14-22)5-7-16/h1-7H,8-13H2. The Labute approximate surface area is 174 Å². The average molecular weight is 440 g/mol. The van der Waals surface area contributed by atoms with E-state index in [-0.39, 0.29) is 14.9 Å². The van der Waals surface area contributed by atoms with E-state index >= 15 is 0 Å². The molecule has 1 heterocycles. The molecule has 1 aliphatic rings. The van der Waals surface area contributed by atoms with Gasteiger partial charge in [-0.1, -0.05) is 29.3 Å². The fourth-order valence-electron chi connectivity index (χ4n) is 2.97. The molecular formula is C19H19Cl2N3O3S. The molecule has 0 aliphatic carbocycles. The molecule has 0 saturated carbocycles.